The monoisotopic (exact) mass is 391 g/mol. The van der Waals surface area contributed by atoms with E-state index in [2.05, 4.69) is 26.2 Å². The Morgan fingerprint density at radius 2 is 1.80 bits per heavy atom. The first-order valence-corrected chi connectivity index (χ1v) is 8.59. The van der Waals surface area contributed by atoms with Crippen molar-refractivity contribution in [1.82, 2.24) is 9.55 Å². The number of halogens is 1. The summed E-state index contributed by atoms with van der Waals surface area (Å²) in [7, 11) is 0. The van der Waals surface area contributed by atoms with E-state index in [0.717, 1.165) is 26.9 Å². The number of nitrogens with one attached hydrogen (secondary N) is 1. The molecule has 4 nitrogen and oxygen atoms in total. The number of amides is 1. The number of rotatable bonds is 3. The van der Waals surface area contributed by atoms with Crippen molar-refractivity contribution in [2.45, 2.75) is 0 Å². The smallest absolute Gasteiger partial charge is 0.255 e. The van der Waals surface area contributed by atoms with Gasteiger partial charge in [0.1, 0.15) is 6.33 Å². The maximum atomic E-state index is 12.5. The van der Waals surface area contributed by atoms with E-state index < -0.39 is 0 Å². The number of nitrogens with zero attached hydrogens (tertiary/aromatic N) is 2. The van der Waals surface area contributed by atoms with Gasteiger partial charge in [-0.2, -0.15) is 0 Å². The summed E-state index contributed by atoms with van der Waals surface area (Å²) in [6, 6.07) is 23.1. The fourth-order valence-corrected chi connectivity index (χ4v) is 3.12. The molecule has 0 bridgehead atoms. The highest BCUT2D eigenvalue weighted by Gasteiger charge is 2.10. The lowest BCUT2D eigenvalue weighted by Crippen LogP contribution is -2.11. The fraction of sp³-hybridized carbons (Fsp3) is 0. The lowest BCUT2D eigenvalue weighted by Gasteiger charge is -2.07. The largest absolute Gasteiger partial charge is 0.322 e. The molecule has 0 aliphatic carbocycles. The molecule has 0 radical (unpaired) electrons. The summed E-state index contributed by atoms with van der Waals surface area (Å²) in [5.41, 5.74) is 4.10. The molecule has 4 rings (SSSR count). The molecular weight excluding hydrogens is 378 g/mol. The number of carbonyl (C=O) groups excluding carboxylic acids is 1. The second-order valence-electron chi connectivity index (χ2n) is 5.62. The average Bonchev–Trinajstić information content (AvgIpc) is 3.05. The summed E-state index contributed by atoms with van der Waals surface area (Å²) in [4.78, 5) is 16.9. The molecule has 1 aromatic heterocycles. The molecule has 1 heterocycles. The Bertz CT molecular complexity index is 1060. The molecular formula is C20H14BrN3O. The van der Waals surface area contributed by atoms with Gasteiger partial charge in [0.15, 0.2) is 0 Å². The standard InChI is InChI=1S/C20H14BrN3O/c21-15-5-4-6-16(12-15)23-20(25)14-9-10-19-18(11-14)22-13-24(19)17-7-2-1-3-8-17/h1-13H,(H,23,25). The second-order valence-corrected chi connectivity index (χ2v) is 6.53. The van der Waals surface area contributed by atoms with Gasteiger partial charge in [-0.25, -0.2) is 4.98 Å². The van der Waals surface area contributed by atoms with Crippen LogP contribution in [0.5, 0.6) is 0 Å². The van der Waals surface area contributed by atoms with Gasteiger partial charge >= 0.3 is 0 Å². The molecule has 0 spiro atoms. The van der Waals surface area contributed by atoms with Gasteiger partial charge in [0, 0.05) is 21.4 Å². The van der Waals surface area contributed by atoms with E-state index >= 15 is 0 Å². The number of hydrogen-bond donors (Lipinski definition) is 1. The Morgan fingerprint density at radius 1 is 0.960 bits per heavy atom. The van der Waals surface area contributed by atoms with Crippen molar-refractivity contribution in [3.05, 3.63) is 89.2 Å². The van der Waals surface area contributed by atoms with Crippen LogP contribution in [0.2, 0.25) is 0 Å². The van der Waals surface area contributed by atoms with E-state index in [1.165, 1.54) is 0 Å². The van der Waals surface area contributed by atoms with Crippen molar-refractivity contribution < 1.29 is 4.79 Å². The Hall–Kier alpha value is -2.92. The van der Waals surface area contributed by atoms with Crippen LogP contribution in [0.3, 0.4) is 0 Å². The highest BCUT2D eigenvalue weighted by atomic mass is 79.9. The molecule has 5 heteroatoms. The third kappa shape index (κ3) is 3.19. The van der Waals surface area contributed by atoms with Crippen molar-refractivity contribution in [2.24, 2.45) is 0 Å². The van der Waals surface area contributed by atoms with Crippen molar-refractivity contribution >= 4 is 38.6 Å². The zero-order valence-electron chi connectivity index (χ0n) is 13.2. The minimum atomic E-state index is -0.158. The summed E-state index contributed by atoms with van der Waals surface area (Å²) in [5, 5.41) is 2.90. The number of aromatic nitrogens is 2. The number of imidazole rings is 1. The SMILES string of the molecule is O=C(Nc1cccc(Br)c1)c1ccc2c(c1)ncn2-c1ccccc1. The first-order chi connectivity index (χ1) is 12.2. The van der Waals surface area contributed by atoms with Crippen LogP contribution in [-0.4, -0.2) is 15.5 Å². The van der Waals surface area contributed by atoms with Gasteiger partial charge in [-0.15, -0.1) is 0 Å². The fourth-order valence-electron chi connectivity index (χ4n) is 2.72. The van der Waals surface area contributed by atoms with Gasteiger partial charge in [0.2, 0.25) is 0 Å². The first kappa shape index (κ1) is 15.6. The molecule has 0 aliphatic heterocycles. The van der Waals surface area contributed by atoms with E-state index in [1.54, 1.807) is 6.33 Å². The third-order valence-electron chi connectivity index (χ3n) is 3.93. The molecule has 0 atom stereocenters. The van der Waals surface area contributed by atoms with Crippen LogP contribution in [0.25, 0.3) is 16.7 Å². The molecule has 1 amide bonds. The number of fused-ring (bicyclic) bond motifs is 1. The molecule has 4 aromatic rings. The Balaban J connectivity index is 1.65. The van der Waals surface area contributed by atoms with E-state index in [9.17, 15) is 4.79 Å². The van der Waals surface area contributed by atoms with Gasteiger partial charge in [-0.05, 0) is 48.5 Å². The van der Waals surface area contributed by atoms with Crippen molar-refractivity contribution in [3.63, 3.8) is 0 Å². The molecule has 25 heavy (non-hydrogen) atoms. The van der Waals surface area contributed by atoms with Crippen molar-refractivity contribution in [3.8, 4) is 5.69 Å². The summed E-state index contributed by atoms with van der Waals surface area (Å²) in [6.07, 6.45) is 1.77. The molecule has 3 aromatic carbocycles. The van der Waals surface area contributed by atoms with Crippen LogP contribution in [0.15, 0.2) is 83.6 Å². The van der Waals surface area contributed by atoms with E-state index in [0.29, 0.717) is 5.56 Å². The zero-order valence-corrected chi connectivity index (χ0v) is 14.8. The lowest BCUT2D eigenvalue weighted by molar-refractivity contribution is 0.102. The highest BCUT2D eigenvalue weighted by Crippen LogP contribution is 2.21. The van der Waals surface area contributed by atoms with Crippen LogP contribution in [-0.2, 0) is 0 Å². The summed E-state index contributed by atoms with van der Waals surface area (Å²) in [6.45, 7) is 0. The van der Waals surface area contributed by atoms with Crippen LogP contribution < -0.4 is 5.32 Å². The molecule has 0 saturated heterocycles. The Labute approximate surface area is 153 Å². The molecule has 0 aliphatic rings. The summed E-state index contributed by atoms with van der Waals surface area (Å²) in [5.74, 6) is -0.158. The normalized spacial score (nSPS) is 10.8. The van der Waals surface area contributed by atoms with Crippen LogP contribution >= 0.6 is 15.9 Å². The Morgan fingerprint density at radius 3 is 2.60 bits per heavy atom. The van der Waals surface area contributed by atoms with Crippen LogP contribution in [0.1, 0.15) is 10.4 Å². The Kier molecular flexibility index (Phi) is 4.07. The molecule has 0 fully saturated rings. The molecule has 122 valence electrons. The maximum Gasteiger partial charge on any atom is 0.255 e. The van der Waals surface area contributed by atoms with E-state index in [-0.39, 0.29) is 5.91 Å². The minimum absolute atomic E-state index is 0.158. The average molecular weight is 392 g/mol. The highest BCUT2D eigenvalue weighted by molar-refractivity contribution is 9.10. The predicted molar refractivity (Wildman–Crippen MR) is 103 cm³/mol. The first-order valence-electron chi connectivity index (χ1n) is 7.80. The lowest BCUT2D eigenvalue weighted by atomic mass is 10.1. The number of anilines is 1. The third-order valence-corrected chi connectivity index (χ3v) is 4.42. The zero-order chi connectivity index (χ0) is 17.2. The second kappa shape index (κ2) is 6.53. The van der Waals surface area contributed by atoms with Crippen molar-refractivity contribution in [1.29, 1.82) is 0 Å². The van der Waals surface area contributed by atoms with Gasteiger partial charge in [-0.3, -0.25) is 9.36 Å². The van der Waals surface area contributed by atoms with Crippen molar-refractivity contribution in [2.75, 3.05) is 5.32 Å². The van der Waals surface area contributed by atoms with Crippen LogP contribution in [0.4, 0.5) is 5.69 Å². The van der Waals surface area contributed by atoms with Gasteiger partial charge in [0.05, 0.1) is 11.0 Å². The maximum absolute atomic E-state index is 12.5. The summed E-state index contributed by atoms with van der Waals surface area (Å²) >= 11 is 3.40. The quantitative estimate of drug-likeness (QED) is 0.531. The topological polar surface area (TPSA) is 46.9 Å². The molecule has 0 unspecified atom stereocenters. The van der Waals surface area contributed by atoms with Gasteiger partial charge in [-0.1, -0.05) is 40.2 Å². The van der Waals surface area contributed by atoms with E-state index in [4.69, 9.17) is 0 Å². The van der Waals surface area contributed by atoms with Gasteiger partial charge < -0.3 is 5.32 Å². The molecule has 0 saturated carbocycles. The predicted octanol–water partition coefficient (Wildman–Crippen LogP) is 5.04. The van der Waals surface area contributed by atoms with E-state index in [1.807, 2.05) is 77.4 Å². The van der Waals surface area contributed by atoms with Crippen LogP contribution in [0, 0.1) is 0 Å². The summed E-state index contributed by atoms with van der Waals surface area (Å²) < 4.78 is 2.92. The number of benzene rings is 3. The number of carbonyl (C=O) groups is 1. The minimum Gasteiger partial charge on any atom is -0.322 e. The van der Waals surface area contributed by atoms with Gasteiger partial charge in [0.25, 0.3) is 5.91 Å². The molecule has 1 N–H and O–H groups in total. The number of hydrogen-bond acceptors (Lipinski definition) is 2. The number of para-hydroxylation sites is 1.